The second-order valence-corrected chi connectivity index (χ2v) is 6.85. The van der Waals surface area contributed by atoms with Gasteiger partial charge >= 0.3 is 0 Å². The van der Waals surface area contributed by atoms with E-state index in [0.29, 0.717) is 12.5 Å². The van der Waals surface area contributed by atoms with Gasteiger partial charge in [-0.15, -0.1) is 12.4 Å². The van der Waals surface area contributed by atoms with Crippen molar-refractivity contribution in [3.8, 4) is 0 Å². The molecular weight excluding hydrogens is 288 g/mol. The van der Waals surface area contributed by atoms with Gasteiger partial charge in [-0.05, 0) is 34.6 Å². The van der Waals surface area contributed by atoms with Crippen LogP contribution in [0.5, 0.6) is 0 Å². The van der Waals surface area contributed by atoms with Crippen LogP contribution >= 0.6 is 12.4 Å². The Kier molecular flexibility index (Phi) is 6.23. The predicted octanol–water partition coefficient (Wildman–Crippen LogP) is 1.35. The van der Waals surface area contributed by atoms with Gasteiger partial charge in [0, 0.05) is 43.4 Å². The molecule has 2 atom stereocenters. The number of aliphatic hydroxyl groups excluding tert-OH is 1. The minimum Gasteiger partial charge on any atom is -0.391 e. The third-order valence-corrected chi connectivity index (χ3v) is 4.09. The average Bonchev–Trinajstić information content (AvgIpc) is 2.86. The van der Waals surface area contributed by atoms with Gasteiger partial charge in [0.15, 0.2) is 0 Å². The first-order valence-electron chi connectivity index (χ1n) is 7.45. The predicted molar refractivity (Wildman–Crippen MR) is 88.0 cm³/mol. The number of aliphatic hydroxyl groups is 1. The lowest BCUT2D eigenvalue weighted by Gasteiger charge is -2.21. The molecule has 0 radical (unpaired) electrons. The average molecular weight is 317 g/mol. The van der Waals surface area contributed by atoms with Crippen molar-refractivity contribution < 1.29 is 5.11 Å². The zero-order chi connectivity index (χ0) is 14.9. The molecule has 0 aromatic carbocycles. The maximum atomic E-state index is 9.79. The Morgan fingerprint density at radius 2 is 2.00 bits per heavy atom. The van der Waals surface area contributed by atoms with E-state index in [-0.39, 0.29) is 24.0 Å². The third kappa shape index (κ3) is 4.19. The molecule has 3 N–H and O–H groups in total. The Morgan fingerprint density at radius 1 is 1.33 bits per heavy atom. The lowest BCUT2D eigenvalue weighted by Crippen LogP contribution is -2.30. The first-order chi connectivity index (χ1) is 9.30. The number of halogens is 1. The van der Waals surface area contributed by atoms with E-state index < -0.39 is 0 Å². The Bertz CT molecular complexity index is 467. The van der Waals surface area contributed by atoms with E-state index in [1.54, 1.807) is 0 Å². The van der Waals surface area contributed by atoms with Crippen LogP contribution in [0.4, 0.5) is 0 Å². The molecule has 0 spiro atoms. The van der Waals surface area contributed by atoms with Gasteiger partial charge in [-0.1, -0.05) is 0 Å². The Labute approximate surface area is 133 Å². The number of nitrogens with one attached hydrogen (secondary N) is 2. The zero-order valence-electron chi connectivity index (χ0n) is 13.7. The molecule has 0 saturated carbocycles. The number of β-amino-alcohol motifs (C(OH)–C–C–N with tert-alkyl or cyclic N) is 1. The van der Waals surface area contributed by atoms with Gasteiger partial charge in [-0.25, -0.2) is 0 Å². The van der Waals surface area contributed by atoms with Gasteiger partial charge in [0.05, 0.1) is 17.3 Å². The standard InChI is InChI=1S/C15H28N4O.ClH/c1-10-13(11(2)19(18-10)15(3,4)5)8-16-6-12-7-17-9-14(12)20;/h12,14,16-17,20H,6-9H2,1-5H3;1H. The van der Waals surface area contributed by atoms with Gasteiger partial charge in [0.1, 0.15) is 0 Å². The summed E-state index contributed by atoms with van der Waals surface area (Å²) < 4.78 is 2.10. The lowest BCUT2D eigenvalue weighted by atomic mass is 10.1. The van der Waals surface area contributed by atoms with E-state index in [9.17, 15) is 5.11 Å². The van der Waals surface area contributed by atoms with E-state index >= 15 is 0 Å². The first kappa shape index (κ1) is 18.4. The fraction of sp³-hybridized carbons (Fsp3) is 0.800. The molecule has 0 bridgehead atoms. The zero-order valence-corrected chi connectivity index (χ0v) is 14.5. The van der Waals surface area contributed by atoms with E-state index in [0.717, 1.165) is 25.3 Å². The monoisotopic (exact) mass is 316 g/mol. The Morgan fingerprint density at radius 3 is 2.48 bits per heavy atom. The summed E-state index contributed by atoms with van der Waals surface area (Å²) in [4.78, 5) is 0. The molecule has 1 aromatic rings. The fourth-order valence-electron chi connectivity index (χ4n) is 2.89. The van der Waals surface area contributed by atoms with Gasteiger partial charge in [0.25, 0.3) is 0 Å². The van der Waals surface area contributed by atoms with Crippen molar-refractivity contribution >= 4 is 12.4 Å². The van der Waals surface area contributed by atoms with Crippen molar-refractivity contribution in [2.45, 2.75) is 52.8 Å². The highest BCUT2D eigenvalue weighted by atomic mass is 35.5. The van der Waals surface area contributed by atoms with Crippen LogP contribution < -0.4 is 10.6 Å². The second-order valence-electron chi connectivity index (χ2n) is 6.85. The lowest BCUT2D eigenvalue weighted by molar-refractivity contribution is 0.146. The fourth-order valence-corrected chi connectivity index (χ4v) is 2.89. The van der Waals surface area contributed by atoms with Crippen molar-refractivity contribution in [3.63, 3.8) is 0 Å². The second kappa shape index (κ2) is 7.09. The molecule has 2 heterocycles. The molecule has 21 heavy (non-hydrogen) atoms. The van der Waals surface area contributed by atoms with Crippen LogP contribution in [0, 0.1) is 19.8 Å². The summed E-state index contributed by atoms with van der Waals surface area (Å²) in [6, 6.07) is 0. The van der Waals surface area contributed by atoms with Crippen LogP contribution in [-0.2, 0) is 12.1 Å². The number of aromatic nitrogens is 2. The minimum atomic E-state index is -0.220. The molecule has 1 aromatic heterocycles. The minimum absolute atomic E-state index is 0. The van der Waals surface area contributed by atoms with Crippen molar-refractivity contribution in [1.82, 2.24) is 20.4 Å². The highest BCUT2D eigenvalue weighted by Crippen LogP contribution is 2.21. The summed E-state index contributed by atoms with van der Waals surface area (Å²) in [6.45, 7) is 14.0. The summed E-state index contributed by atoms with van der Waals surface area (Å²) in [5.74, 6) is 0.313. The molecule has 1 saturated heterocycles. The summed E-state index contributed by atoms with van der Waals surface area (Å²) in [6.07, 6.45) is -0.220. The van der Waals surface area contributed by atoms with Crippen LogP contribution in [-0.4, -0.2) is 40.6 Å². The molecule has 2 unspecified atom stereocenters. The number of hydrogen-bond donors (Lipinski definition) is 3. The highest BCUT2D eigenvalue weighted by Gasteiger charge is 2.25. The molecule has 1 aliphatic heterocycles. The highest BCUT2D eigenvalue weighted by molar-refractivity contribution is 5.85. The normalized spacial score (nSPS) is 22.4. The smallest absolute Gasteiger partial charge is 0.0716 e. The van der Waals surface area contributed by atoms with E-state index in [2.05, 4.69) is 55.0 Å². The molecule has 0 aliphatic carbocycles. The third-order valence-electron chi connectivity index (χ3n) is 4.09. The molecule has 5 nitrogen and oxygen atoms in total. The van der Waals surface area contributed by atoms with Gasteiger partial charge in [-0.3, -0.25) is 4.68 Å². The van der Waals surface area contributed by atoms with Crippen molar-refractivity contribution in [3.05, 3.63) is 17.0 Å². The summed E-state index contributed by atoms with van der Waals surface area (Å²) in [5, 5.41) is 21.1. The van der Waals surface area contributed by atoms with E-state index in [1.807, 2.05) is 0 Å². The van der Waals surface area contributed by atoms with Crippen LogP contribution in [0.15, 0.2) is 0 Å². The maximum Gasteiger partial charge on any atom is 0.0716 e. The quantitative estimate of drug-likeness (QED) is 0.784. The number of rotatable bonds is 4. The molecule has 2 rings (SSSR count). The molecule has 122 valence electrons. The maximum absolute atomic E-state index is 9.79. The van der Waals surface area contributed by atoms with Crippen LogP contribution in [0.2, 0.25) is 0 Å². The number of hydrogen-bond acceptors (Lipinski definition) is 4. The van der Waals surface area contributed by atoms with E-state index in [4.69, 9.17) is 0 Å². The molecular formula is C15H29ClN4O. The van der Waals surface area contributed by atoms with Gasteiger partial charge in [-0.2, -0.15) is 5.10 Å². The van der Waals surface area contributed by atoms with Crippen LogP contribution in [0.25, 0.3) is 0 Å². The number of aryl methyl sites for hydroxylation is 1. The van der Waals surface area contributed by atoms with Gasteiger partial charge < -0.3 is 15.7 Å². The van der Waals surface area contributed by atoms with Crippen LogP contribution in [0.3, 0.4) is 0 Å². The SMILES string of the molecule is Cc1nn(C(C)(C)C)c(C)c1CNCC1CNCC1O.Cl. The van der Waals surface area contributed by atoms with Gasteiger partial charge in [0.2, 0.25) is 0 Å². The molecule has 0 amide bonds. The van der Waals surface area contributed by atoms with Crippen molar-refractivity contribution in [1.29, 1.82) is 0 Å². The molecule has 6 heteroatoms. The van der Waals surface area contributed by atoms with E-state index in [1.165, 1.54) is 11.3 Å². The van der Waals surface area contributed by atoms with Crippen LogP contribution in [0.1, 0.15) is 37.7 Å². The summed E-state index contributed by atoms with van der Waals surface area (Å²) >= 11 is 0. The first-order valence-corrected chi connectivity index (χ1v) is 7.45. The Balaban J connectivity index is 0.00000220. The van der Waals surface area contributed by atoms with Crippen molar-refractivity contribution in [2.24, 2.45) is 5.92 Å². The number of nitrogens with zero attached hydrogens (tertiary/aromatic N) is 2. The summed E-state index contributed by atoms with van der Waals surface area (Å²) in [7, 11) is 0. The molecule has 1 fully saturated rings. The topological polar surface area (TPSA) is 62.1 Å². The molecule has 1 aliphatic rings. The summed E-state index contributed by atoms with van der Waals surface area (Å²) in [5.41, 5.74) is 3.61. The largest absolute Gasteiger partial charge is 0.391 e. The van der Waals surface area contributed by atoms with Crippen molar-refractivity contribution in [2.75, 3.05) is 19.6 Å². The Hall–Kier alpha value is -0.620.